The number of hydrogen-bond acceptors (Lipinski definition) is 25. The van der Waals surface area contributed by atoms with Gasteiger partial charge in [0, 0.05) is 74.2 Å². The fraction of sp³-hybridized carbons (Fsp3) is 0.494. The molecule has 39 heteroatoms. The molecule has 128 heavy (non-hydrogen) atoms. The van der Waals surface area contributed by atoms with E-state index in [1.54, 1.807) is 53.0 Å². The SMILES string of the molecule is CC(=O)Cl.CC(C)(C)[S@@](N)=O.CCO.CCO.CCO.CCO.COc1c(Nc2c(F)ccc3c2C(=O)NC3)c(=O)c1=O.COc1ccc(C)o1.C[CH-]C.Cc1ccc(C=N[S@@](=O)C(C)(C)C)o1.Cc1ccc([C@H](N)C(C)C)o1.Cc1ccc([C@H](N[S@@](=O)C(C)(C)C)C(C)C)o1.Cc1ccc([C@H](Nc2c(Nc3c(F)ccc4c3C(=O)NC4)c(=O)c2=O)C(C)C)o1.[Cl-].[Mg+2].[Ti]. The summed E-state index contributed by atoms with van der Waals surface area (Å²) < 4.78 is 105. The number of carbonyl (C=O) groups is 3. The van der Waals surface area contributed by atoms with Crippen LogP contribution in [0.15, 0.2) is 131 Å². The first-order chi connectivity index (χ1) is 58.1. The molecule has 0 saturated carbocycles. The van der Waals surface area contributed by atoms with E-state index in [9.17, 15) is 55.0 Å². The summed E-state index contributed by atoms with van der Waals surface area (Å²) in [5.74, 6) is 6.24. The minimum atomic E-state index is -1.22. The van der Waals surface area contributed by atoms with Crippen molar-refractivity contribution in [1.82, 2.24) is 15.4 Å². The van der Waals surface area contributed by atoms with Crippen molar-refractivity contribution in [1.29, 1.82) is 0 Å². The van der Waals surface area contributed by atoms with Gasteiger partial charge in [-0.1, -0.05) is 53.7 Å². The molecule has 0 fully saturated rings. The molecule has 2 aliphatic heterocycles. The number of aliphatic hydroxyl groups excluding tert-OH is 4. The predicted octanol–water partition coefficient (Wildman–Crippen LogP) is 12.2. The summed E-state index contributed by atoms with van der Waals surface area (Å²) in [6.07, 6.45) is 3.51. The van der Waals surface area contributed by atoms with Crippen molar-refractivity contribution in [2.75, 3.05) is 56.6 Å². The van der Waals surface area contributed by atoms with Crippen LogP contribution in [0.2, 0.25) is 0 Å². The summed E-state index contributed by atoms with van der Waals surface area (Å²) in [7, 11) is -0.674. The van der Waals surface area contributed by atoms with E-state index in [2.05, 4.69) is 75.0 Å². The summed E-state index contributed by atoms with van der Waals surface area (Å²) in [4.78, 5) is 80.1. The quantitative estimate of drug-likeness (QED) is 0.0125. The third kappa shape index (κ3) is 46.0. The number of rotatable bonds is 18. The van der Waals surface area contributed by atoms with Crippen LogP contribution in [0, 0.1) is 70.4 Å². The molecule has 0 aliphatic carbocycles. The smallest absolute Gasteiger partial charge is 1.00 e. The number of benzene rings is 2. The maximum atomic E-state index is 14.5. The van der Waals surface area contributed by atoms with Gasteiger partial charge in [0.1, 0.15) is 91.5 Å². The fourth-order valence-corrected chi connectivity index (χ4v) is 10.9. The van der Waals surface area contributed by atoms with Crippen molar-refractivity contribution in [3.63, 3.8) is 0 Å². The molecule has 0 unspecified atom stereocenters. The van der Waals surface area contributed by atoms with Crippen LogP contribution in [-0.2, 0) is 72.6 Å². The number of amides is 2. The molecule has 9 aromatic rings. The van der Waals surface area contributed by atoms with Crippen molar-refractivity contribution in [2.45, 2.75) is 232 Å². The van der Waals surface area contributed by atoms with E-state index >= 15 is 0 Å². The van der Waals surface area contributed by atoms with Crippen LogP contribution < -0.4 is 85.8 Å². The van der Waals surface area contributed by atoms with Gasteiger partial charge in [-0.3, -0.25) is 38.7 Å². The van der Waals surface area contributed by atoms with Crippen LogP contribution >= 0.6 is 11.6 Å². The Balaban J connectivity index is -0.000000458. The molecule has 0 spiro atoms. The van der Waals surface area contributed by atoms with Gasteiger partial charge < -0.3 is 103 Å². The average Bonchev–Trinajstić information content (AvgIpc) is 1.56. The Labute approximate surface area is 802 Å². The van der Waals surface area contributed by atoms with Crippen molar-refractivity contribution in [3.8, 4) is 11.7 Å². The number of hydrogen-bond donors (Lipinski definition) is 12. The van der Waals surface area contributed by atoms with Crippen molar-refractivity contribution in [2.24, 2.45) is 33.0 Å². The van der Waals surface area contributed by atoms with Gasteiger partial charge in [-0.05, 0) is 232 Å². The number of furan rings is 5. The molecule has 6 atom stereocenters. The maximum absolute atomic E-state index is 14.5. The Morgan fingerprint density at radius 2 is 0.891 bits per heavy atom. The maximum Gasteiger partial charge on any atom is 2.00 e. The molecule has 4 aromatic carbocycles. The van der Waals surface area contributed by atoms with Crippen LogP contribution in [0.3, 0.4) is 0 Å². The Bertz CT molecular complexity index is 4960. The number of aryl methyl sites for hydroxylation is 5. The van der Waals surface area contributed by atoms with E-state index in [1.165, 1.54) is 44.5 Å². The molecule has 2 aliphatic rings. The summed E-state index contributed by atoms with van der Waals surface area (Å²) >= 11 is 4.64. The van der Waals surface area contributed by atoms with E-state index in [-0.39, 0.29) is 179 Å². The van der Waals surface area contributed by atoms with Crippen LogP contribution in [0.25, 0.3) is 0 Å². The van der Waals surface area contributed by atoms with Crippen LogP contribution in [0.4, 0.5) is 37.2 Å². The Morgan fingerprint density at radius 1 is 0.547 bits per heavy atom. The summed E-state index contributed by atoms with van der Waals surface area (Å²) in [5.41, 5.74) is 3.99. The molecule has 0 bridgehead atoms. The second-order valence-corrected chi connectivity index (χ2v) is 37.3. The third-order valence-corrected chi connectivity index (χ3v) is 19.9. The number of nitrogens with two attached hydrogens (primary N) is 2. The first-order valence-electron chi connectivity index (χ1n) is 40.1. The third-order valence-electron chi connectivity index (χ3n) is 15.7. The van der Waals surface area contributed by atoms with E-state index in [4.69, 9.17) is 62.9 Å². The molecule has 11 rings (SSSR count). The Morgan fingerprint density at radius 3 is 1.20 bits per heavy atom. The number of halogens is 4. The average molecular weight is 1940 g/mol. The molecule has 2 amide bonds. The van der Waals surface area contributed by atoms with E-state index in [1.807, 2.05) is 174 Å². The number of nitrogens with one attached hydrogen (secondary N) is 6. The van der Waals surface area contributed by atoms with Crippen molar-refractivity contribution < 1.29 is 122 Å². The first-order valence-corrected chi connectivity index (χ1v) is 43.9. The summed E-state index contributed by atoms with van der Waals surface area (Å²) in [6, 6.07) is 23.8. The van der Waals surface area contributed by atoms with Crippen molar-refractivity contribution >= 4 is 119 Å². The normalized spacial score (nSPS) is 12.6. The number of nitrogens with zero attached hydrogens (tertiary/aromatic N) is 1. The number of ether oxygens (including phenoxy) is 2. The molecule has 30 nitrogen and oxygen atoms in total. The van der Waals surface area contributed by atoms with Crippen LogP contribution in [0.1, 0.15) is 254 Å². The van der Waals surface area contributed by atoms with Gasteiger partial charge in [0.15, 0.2) is 5.75 Å². The zero-order chi connectivity index (χ0) is 96.9. The van der Waals surface area contributed by atoms with Gasteiger partial charge in [0.05, 0.1) is 97.3 Å². The second kappa shape index (κ2) is 65.0. The van der Waals surface area contributed by atoms with Crippen LogP contribution in [0.5, 0.6) is 11.7 Å². The number of methoxy groups -OCH3 is 2. The van der Waals surface area contributed by atoms with E-state index in [0.29, 0.717) is 47.0 Å². The molecular weight excluding hydrogens is 1810 g/mol. The zero-order valence-corrected chi connectivity index (χ0v) is 86.2. The van der Waals surface area contributed by atoms with Crippen molar-refractivity contribution in [3.05, 3.63) is 218 Å². The Hall–Kier alpha value is -7.63. The van der Waals surface area contributed by atoms with E-state index in [0.717, 1.165) is 40.3 Å². The predicted molar refractivity (Wildman–Crippen MR) is 503 cm³/mol. The minimum Gasteiger partial charge on any atom is -1.00 e. The summed E-state index contributed by atoms with van der Waals surface area (Å²) in [5, 5.41) is 48.4. The molecule has 5 aromatic heterocycles. The summed E-state index contributed by atoms with van der Waals surface area (Å²) in [6.45, 7) is 52.3. The van der Waals surface area contributed by atoms with E-state index < -0.39 is 78.1 Å². The molecule has 7 heterocycles. The number of fused-ring (bicyclic) bond motifs is 2. The molecule has 0 saturated heterocycles. The molecule has 0 radical (unpaired) electrons. The largest absolute Gasteiger partial charge is 2.00 e. The van der Waals surface area contributed by atoms with Gasteiger partial charge in [-0.25, -0.2) is 26.1 Å². The van der Waals surface area contributed by atoms with Gasteiger partial charge in [-0.15, -0.1) is 0 Å². The number of carbonyl (C=O) groups excluding carboxylic acids is 3. The van der Waals surface area contributed by atoms with Gasteiger partial charge >= 0.3 is 23.1 Å². The molecule has 14 N–H and O–H groups in total. The topological polar surface area (TPSA) is 472 Å². The number of anilines is 5. The standard InChI is InChI=1S/C21H20FN3O4.C13H9FN2O4.C13H23NO2S.C10H15NO2S.C9H15NO.C6H8O2.C4H11NOS.C3H7.C2H3ClO.4C2H6O.ClH.Mg.Ti/c1-9(2)15(13-7-4-10(3)29-13)24-17-18(20(27)19(17)26)25-16-12(22)6-5-11-8-23-21(28)14(11)16;1-20-12-9(10(17)11(12)18)16-8-6(14)3-2-5-4-15-13(19)7(5)8;1-9(2)12(11-8-7-10(3)16-11)14-17(15)13(4,5)6;1-8-5-6-9(13-8)7-11-14(12)10(2,3)4;1-6(2)9(10)8-5-4-7(3)11-8;1-5-3-4-6(7-2)8-5;1-4(2,3)7(5)6;1-3-2;1-2(3)4;4*1-2-3;;;/h4-7,9,15,24-25H,8H2,1-3H3,(H,23,28);2-3,16H,4H2,1H3,(H,15,19);7-9,12,14H,1-6H3;5-7H,1-4H3;4-6,9H,10H2,1-3H3;3-4H,1-2H3;5H2,1-3H3;3H,1-2H3;1H3;4*3H,2H2,1H3;1H;;/q;;;;;;;-1;;;;;;;+2;/p-1/t15-;;12-,17+;14-;9-;;7-;;;;;;;;;/m1.101.0........./s1. The molecule has 714 valence electrons. The zero-order valence-electron chi connectivity index (χ0n) is 79.2. The monoisotopic (exact) mass is 1940 g/mol. The van der Waals surface area contributed by atoms with Crippen LogP contribution in [-0.4, -0.2) is 134 Å². The minimum absolute atomic E-state index is 0. The number of aliphatic hydroxyl groups is 4. The first kappa shape index (κ1) is 129. The van der Waals surface area contributed by atoms with Gasteiger partial charge in [0.2, 0.25) is 5.24 Å². The second-order valence-electron chi connectivity index (χ2n) is 31.0. The van der Waals surface area contributed by atoms with Gasteiger partial charge in [-0.2, -0.15) is 18.2 Å². The molecular formula is C89H135Cl2F2MgN9O21S3Ti. The Kier molecular flexibility index (Phi) is 65.5. The fourth-order valence-electron chi connectivity index (χ4n) is 9.45. The van der Waals surface area contributed by atoms with Gasteiger partial charge in [0.25, 0.3) is 39.5 Å².